The van der Waals surface area contributed by atoms with Crippen LogP contribution in [0.3, 0.4) is 0 Å². The molecule has 170 valence electrons. The van der Waals surface area contributed by atoms with Gasteiger partial charge in [-0.25, -0.2) is 23.9 Å². The maximum Gasteiger partial charge on any atom is 0.412 e. The molecule has 9 nitrogen and oxygen atoms in total. The zero-order valence-corrected chi connectivity index (χ0v) is 17.9. The molecular formula is C23H22FN5O4. The van der Waals surface area contributed by atoms with E-state index in [4.69, 9.17) is 4.74 Å². The molecule has 0 atom stereocenters. The Kier molecular flexibility index (Phi) is 5.20. The van der Waals surface area contributed by atoms with Gasteiger partial charge >= 0.3 is 12.1 Å². The van der Waals surface area contributed by atoms with Crippen LogP contribution < -0.4 is 20.3 Å². The quantitative estimate of drug-likeness (QED) is 0.549. The molecule has 1 aromatic carbocycles. The number of benzene rings is 1. The third kappa shape index (κ3) is 4.11. The van der Waals surface area contributed by atoms with E-state index in [0.717, 1.165) is 17.7 Å². The van der Waals surface area contributed by atoms with Crippen LogP contribution >= 0.6 is 0 Å². The molecule has 5 rings (SSSR count). The zero-order valence-electron chi connectivity index (χ0n) is 17.9. The smallest absolute Gasteiger partial charge is 0.412 e. The van der Waals surface area contributed by atoms with Gasteiger partial charge < -0.3 is 15.2 Å². The molecular weight excluding hydrogens is 429 g/mol. The summed E-state index contributed by atoms with van der Waals surface area (Å²) in [6.07, 6.45) is 4.13. The van der Waals surface area contributed by atoms with Crippen molar-refractivity contribution in [2.45, 2.75) is 19.8 Å². The number of hydrogen-bond donors (Lipinski definition) is 3. The van der Waals surface area contributed by atoms with Crippen LogP contribution in [-0.2, 0) is 0 Å². The number of halogens is 1. The monoisotopic (exact) mass is 451 g/mol. The van der Waals surface area contributed by atoms with Crippen LogP contribution in [0.5, 0.6) is 5.88 Å². The summed E-state index contributed by atoms with van der Waals surface area (Å²) in [6, 6.07) is 4.34. The largest absolute Gasteiger partial charge is 0.474 e. The molecule has 3 aromatic rings. The van der Waals surface area contributed by atoms with Crippen molar-refractivity contribution in [3.63, 3.8) is 0 Å². The zero-order chi connectivity index (χ0) is 23.1. The van der Waals surface area contributed by atoms with Gasteiger partial charge in [0.15, 0.2) is 0 Å². The summed E-state index contributed by atoms with van der Waals surface area (Å²) in [5.74, 6) is 0.621. The van der Waals surface area contributed by atoms with Crippen molar-refractivity contribution in [1.82, 2.24) is 15.3 Å². The Labute approximate surface area is 188 Å². The van der Waals surface area contributed by atoms with Gasteiger partial charge in [-0.3, -0.25) is 10.2 Å². The van der Waals surface area contributed by atoms with Gasteiger partial charge in [0, 0.05) is 35.5 Å². The fourth-order valence-electron chi connectivity index (χ4n) is 3.96. The maximum atomic E-state index is 15.1. The number of amides is 3. The molecule has 0 unspecified atom stereocenters. The van der Waals surface area contributed by atoms with E-state index in [1.807, 2.05) is 0 Å². The van der Waals surface area contributed by atoms with Crippen LogP contribution in [0.25, 0.3) is 21.9 Å². The van der Waals surface area contributed by atoms with E-state index < -0.39 is 11.9 Å². The highest BCUT2D eigenvalue weighted by molar-refractivity contribution is 5.95. The number of nitrogens with zero attached hydrogens (tertiary/aromatic N) is 3. The summed E-state index contributed by atoms with van der Waals surface area (Å²) >= 11 is 0. The third-order valence-corrected chi connectivity index (χ3v) is 5.91. The van der Waals surface area contributed by atoms with E-state index in [0.29, 0.717) is 45.9 Å². The van der Waals surface area contributed by atoms with Crippen molar-refractivity contribution < 1.29 is 23.8 Å². The van der Waals surface area contributed by atoms with Crippen LogP contribution in [0.1, 0.15) is 18.4 Å². The third-order valence-electron chi connectivity index (χ3n) is 5.91. The molecule has 33 heavy (non-hydrogen) atoms. The van der Waals surface area contributed by atoms with Crippen LogP contribution in [-0.4, -0.2) is 46.9 Å². The van der Waals surface area contributed by atoms with Gasteiger partial charge in [0.05, 0.1) is 6.54 Å². The van der Waals surface area contributed by atoms with Crippen molar-refractivity contribution in [2.24, 2.45) is 5.92 Å². The fraction of sp³-hybridized carbons (Fsp3) is 0.304. The highest BCUT2D eigenvalue weighted by Crippen LogP contribution is 2.40. The predicted molar refractivity (Wildman–Crippen MR) is 120 cm³/mol. The average molecular weight is 451 g/mol. The second kappa shape index (κ2) is 8.19. The first-order chi connectivity index (χ1) is 15.9. The predicted octanol–water partition coefficient (Wildman–Crippen LogP) is 4.15. The van der Waals surface area contributed by atoms with Crippen molar-refractivity contribution >= 4 is 34.4 Å². The number of nitrogens with one attached hydrogen (secondary N) is 2. The highest BCUT2D eigenvalue weighted by Gasteiger charge is 2.28. The topological polar surface area (TPSA) is 117 Å². The molecule has 3 heterocycles. The van der Waals surface area contributed by atoms with E-state index in [9.17, 15) is 14.7 Å². The lowest BCUT2D eigenvalue weighted by Gasteiger charge is -2.28. The Morgan fingerprint density at radius 3 is 2.76 bits per heavy atom. The second-order valence-electron chi connectivity index (χ2n) is 8.26. The summed E-state index contributed by atoms with van der Waals surface area (Å²) in [4.78, 5) is 33.4. The summed E-state index contributed by atoms with van der Waals surface area (Å²) in [7, 11) is 0. The minimum Gasteiger partial charge on any atom is -0.474 e. The molecule has 1 aliphatic heterocycles. The Morgan fingerprint density at radius 2 is 2.00 bits per heavy atom. The minimum atomic E-state index is -1.12. The van der Waals surface area contributed by atoms with E-state index in [-0.39, 0.29) is 30.6 Å². The molecule has 10 heteroatoms. The lowest BCUT2D eigenvalue weighted by Crippen LogP contribution is -2.37. The summed E-state index contributed by atoms with van der Waals surface area (Å²) in [5.41, 5.74) is 1.59. The van der Waals surface area contributed by atoms with Crippen LogP contribution in [0.4, 0.5) is 25.5 Å². The summed E-state index contributed by atoms with van der Waals surface area (Å²) < 4.78 is 20.6. The number of hydrogen-bond acceptors (Lipinski definition) is 5. The van der Waals surface area contributed by atoms with Crippen LogP contribution in [0.15, 0.2) is 30.6 Å². The van der Waals surface area contributed by atoms with Gasteiger partial charge in [0.1, 0.15) is 23.9 Å². The Morgan fingerprint density at radius 1 is 1.18 bits per heavy atom. The molecule has 2 aliphatic rings. The Balaban J connectivity index is 1.50. The van der Waals surface area contributed by atoms with Crippen molar-refractivity contribution in [2.75, 3.05) is 29.9 Å². The number of carbonyl (C=O) groups excluding carboxylic acids is 1. The Bertz CT molecular complexity index is 1280. The number of carboxylic acid groups (broad SMARTS) is 1. The summed E-state index contributed by atoms with van der Waals surface area (Å²) in [5, 5.41) is 16.3. The lowest BCUT2D eigenvalue weighted by molar-refractivity contribution is 0.196. The van der Waals surface area contributed by atoms with E-state index in [1.165, 1.54) is 18.5 Å². The molecule has 1 saturated carbocycles. The second-order valence-corrected chi connectivity index (χ2v) is 8.26. The van der Waals surface area contributed by atoms with Crippen LogP contribution in [0.2, 0.25) is 0 Å². The highest BCUT2D eigenvalue weighted by atomic mass is 19.1. The number of anilines is 2. The first-order valence-electron chi connectivity index (χ1n) is 10.7. The minimum absolute atomic E-state index is 0.165. The number of pyridine rings is 2. The number of ether oxygens (including phenoxy) is 1. The number of rotatable bonds is 4. The van der Waals surface area contributed by atoms with E-state index in [2.05, 4.69) is 20.6 Å². The SMILES string of the molecule is Cc1c(-c2cc3cc(NC(=O)NCC4CC4)ncc3cc2F)cnc2c1N(C(=O)O)CCO2. The van der Waals surface area contributed by atoms with Crippen molar-refractivity contribution in [1.29, 1.82) is 0 Å². The first-order valence-corrected chi connectivity index (χ1v) is 10.7. The van der Waals surface area contributed by atoms with Gasteiger partial charge in [-0.05, 0) is 54.8 Å². The fourth-order valence-corrected chi connectivity index (χ4v) is 3.96. The Hall–Kier alpha value is -3.95. The standard InChI is InChI=1S/C23H22FN5O4/c1-12-17(11-26-21-20(12)29(23(31)32)4-5-33-21)16-6-14-8-19(25-10-15(14)7-18(16)24)28-22(30)27-9-13-2-3-13/h6-8,10-11,13H,2-5,9H2,1H3,(H,31,32)(H2,25,27,28,30). The molecule has 2 aromatic heterocycles. The van der Waals surface area contributed by atoms with Crippen molar-refractivity contribution in [3.8, 4) is 17.0 Å². The number of fused-ring (bicyclic) bond motifs is 2. The van der Waals surface area contributed by atoms with Crippen LogP contribution in [0, 0.1) is 18.7 Å². The summed E-state index contributed by atoms with van der Waals surface area (Å²) in [6.45, 7) is 2.72. The van der Waals surface area contributed by atoms with E-state index in [1.54, 1.807) is 19.1 Å². The van der Waals surface area contributed by atoms with Gasteiger partial charge in [-0.1, -0.05) is 0 Å². The average Bonchev–Trinajstić information content (AvgIpc) is 3.62. The molecule has 0 spiro atoms. The molecule has 3 amide bonds. The molecule has 0 bridgehead atoms. The maximum absolute atomic E-state index is 15.1. The normalized spacial score (nSPS) is 15.0. The van der Waals surface area contributed by atoms with E-state index >= 15 is 4.39 Å². The van der Waals surface area contributed by atoms with Gasteiger partial charge in [0.25, 0.3) is 0 Å². The molecule has 3 N–H and O–H groups in total. The van der Waals surface area contributed by atoms with Gasteiger partial charge in [0.2, 0.25) is 5.88 Å². The van der Waals surface area contributed by atoms with Gasteiger partial charge in [-0.2, -0.15) is 0 Å². The number of aromatic nitrogens is 2. The molecule has 1 fully saturated rings. The molecule has 0 saturated heterocycles. The molecule has 1 aliphatic carbocycles. The number of urea groups is 1. The van der Waals surface area contributed by atoms with Gasteiger partial charge in [-0.15, -0.1) is 0 Å². The number of carbonyl (C=O) groups is 2. The lowest BCUT2D eigenvalue weighted by atomic mass is 9.98. The molecule has 0 radical (unpaired) electrons. The first kappa shape index (κ1) is 20.9. The van der Waals surface area contributed by atoms with Crippen molar-refractivity contribution in [3.05, 3.63) is 42.0 Å².